The third-order valence-corrected chi connectivity index (χ3v) is 2.14. The Morgan fingerprint density at radius 2 is 2.21 bits per heavy atom. The minimum absolute atomic E-state index is 0.0556. The van der Waals surface area contributed by atoms with Gasteiger partial charge in [-0.05, 0) is 20.0 Å². The van der Waals surface area contributed by atoms with Gasteiger partial charge < -0.3 is 10.4 Å². The first-order valence-corrected chi connectivity index (χ1v) is 4.20. The Kier molecular flexibility index (Phi) is 3.05. The van der Waals surface area contributed by atoms with Crippen LogP contribution in [0, 0.1) is 17.1 Å². The van der Waals surface area contributed by atoms with Crippen LogP contribution in [0.5, 0.6) is 5.75 Å². The SMILES string of the molecule is CNC(C)c1cc(C#N)c(F)cc1O. The number of halogens is 1. The molecule has 74 valence electrons. The second-order valence-corrected chi connectivity index (χ2v) is 3.01. The molecule has 0 saturated heterocycles. The second kappa shape index (κ2) is 4.07. The Bertz CT molecular complexity index is 384. The van der Waals surface area contributed by atoms with Gasteiger partial charge in [-0.15, -0.1) is 0 Å². The van der Waals surface area contributed by atoms with Crippen LogP contribution < -0.4 is 5.32 Å². The minimum atomic E-state index is -0.697. The number of nitrogens with zero attached hydrogens (tertiary/aromatic N) is 1. The summed E-state index contributed by atoms with van der Waals surface area (Å²) < 4.78 is 13.0. The predicted molar refractivity (Wildman–Crippen MR) is 50.3 cm³/mol. The van der Waals surface area contributed by atoms with Crippen LogP contribution in [0.15, 0.2) is 12.1 Å². The second-order valence-electron chi connectivity index (χ2n) is 3.01. The number of nitrogens with one attached hydrogen (secondary N) is 1. The van der Waals surface area contributed by atoms with Gasteiger partial charge in [0.2, 0.25) is 0 Å². The van der Waals surface area contributed by atoms with Crippen molar-refractivity contribution in [1.29, 1.82) is 5.26 Å². The van der Waals surface area contributed by atoms with Crippen molar-refractivity contribution < 1.29 is 9.50 Å². The van der Waals surface area contributed by atoms with Crippen LogP contribution in [0.2, 0.25) is 0 Å². The first-order valence-electron chi connectivity index (χ1n) is 4.20. The highest BCUT2D eigenvalue weighted by Crippen LogP contribution is 2.26. The number of rotatable bonds is 2. The minimum Gasteiger partial charge on any atom is -0.508 e. The Balaban J connectivity index is 3.26. The van der Waals surface area contributed by atoms with Gasteiger partial charge in [-0.2, -0.15) is 5.26 Å². The van der Waals surface area contributed by atoms with Crippen molar-refractivity contribution in [2.24, 2.45) is 0 Å². The predicted octanol–water partition coefficient (Wildman–Crippen LogP) is 1.68. The Morgan fingerprint density at radius 1 is 1.57 bits per heavy atom. The highest BCUT2D eigenvalue weighted by Gasteiger charge is 2.12. The van der Waals surface area contributed by atoms with Crippen molar-refractivity contribution in [3.63, 3.8) is 0 Å². The maximum absolute atomic E-state index is 13.0. The first kappa shape index (κ1) is 10.5. The Labute approximate surface area is 81.8 Å². The molecule has 2 N–H and O–H groups in total. The summed E-state index contributed by atoms with van der Waals surface area (Å²) >= 11 is 0. The van der Waals surface area contributed by atoms with E-state index >= 15 is 0 Å². The van der Waals surface area contributed by atoms with E-state index in [-0.39, 0.29) is 17.4 Å². The zero-order valence-electron chi connectivity index (χ0n) is 8.00. The molecule has 0 saturated carbocycles. The van der Waals surface area contributed by atoms with Gasteiger partial charge in [0, 0.05) is 17.7 Å². The molecule has 1 unspecified atom stereocenters. The van der Waals surface area contributed by atoms with Crippen LogP contribution in [0.4, 0.5) is 4.39 Å². The lowest BCUT2D eigenvalue weighted by Gasteiger charge is -2.12. The summed E-state index contributed by atoms with van der Waals surface area (Å²) in [6.45, 7) is 1.81. The molecule has 0 radical (unpaired) electrons. The normalized spacial score (nSPS) is 12.1. The lowest BCUT2D eigenvalue weighted by atomic mass is 10.0. The van der Waals surface area contributed by atoms with Crippen molar-refractivity contribution in [3.05, 3.63) is 29.1 Å². The number of phenols is 1. The maximum atomic E-state index is 13.0. The first-order chi connectivity index (χ1) is 6.60. The molecule has 0 aliphatic rings. The molecule has 0 aliphatic carbocycles. The smallest absolute Gasteiger partial charge is 0.144 e. The molecule has 0 amide bonds. The number of hydrogen-bond acceptors (Lipinski definition) is 3. The van der Waals surface area contributed by atoms with Crippen molar-refractivity contribution in [2.45, 2.75) is 13.0 Å². The van der Waals surface area contributed by atoms with E-state index in [1.54, 1.807) is 13.1 Å². The lowest BCUT2D eigenvalue weighted by molar-refractivity contribution is 0.451. The van der Waals surface area contributed by atoms with Gasteiger partial charge in [-0.1, -0.05) is 0 Å². The zero-order valence-corrected chi connectivity index (χ0v) is 8.00. The fraction of sp³-hybridized carbons (Fsp3) is 0.300. The highest BCUT2D eigenvalue weighted by atomic mass is 19.1. The molecule has 14 heavy (non-hydrogen) atoms. The zero-order chi connectivity index (χ0) is 10.7. The summed E-state index contributed by atoms with van der Waals surface area (Å²) in [6.07, 6.45) is 0. The number of phenolic OH excluding ortho intramolecular Hbond substituents is 1. The lowest BCUT2D eigenvalue weighted by Crippen LogP contribution is -2.12. The van der Waals surface area contributed by atoms with E-state index in [2.05, 4.69) is 5.32 Å². The maximum Gasteiger partial charge on any atom is 0.144 e. The van der Waals surface area contributed by atoms with Crippen LogP contribution in [-0.4, -0.2) is 12.2 Å². The van der Waals surface area contributed by atoms with E-state index in [0.29, 0.717) is 5.56 Å². The Morgan fingerprint density at radius 3 is 2.71 bits per heavy atom. The van der Waals surface area contributed by atoms with Gasteiger partial charge in [-0.25, -0.2) is 4.39 Å². The molecule has 0 heterocycles. The van der Waals surface area contributed by atoms with E-state index in [9.17, 15) is 9.50 Å². The molecule has 1 aromatic rings. The molecule has 1 atom stereocenters. The molecule has 1 rings (SSSR count). The monoisotopic (exact) mass is 194 g/mol. The number of aromatic hydroxyl groups is 1. The summed E-state index contributed by atoms with van der Waals surface area (Å²) in [5.74, 6) is -0.833. The van der Waals surface area contributed by atoms with E-state index in [1.165, 1.54) is 6.07 Å². The van der Waals surface area contributed by atoms with Crippen LogP contribution in [0.3, 0.4) is 0 Å². The summed E-state index contributed by atoms with van der Waals surface area (Å²) in [4.78, 5) is 0. The van der Waals surface area contributed by atoms with Gasteiger partial charge in [0.05, 0.1) is 5.56 Å². The van der Waals surface area contributed by atoms with Crippen LogP contribution in [0.1, 0.15) is 24.1 Å². The molecule has 3 nitrogen and oxygen atoms in total. The van der Waals surface area contributed by atoms with Gasteiger partial charge in [-0.3, -0.25) is 0 Å². The molecule has 0 fully saturated rings. The summed E-state index contributed by atoms with van der Waals surface area (Å²) in [7, 11) is 1.72. The summed E-state index contributed by atoms with van der Waals surface area (Å²) in [6, 6.07) is 3.92. The van der Waals surface area contributed by atoms with Crippen molar-refractivity contribution >= 4 is 0 Å². The molecule has 0 aromatic heterocycles. The number of hydrogen-bond donors (Lipinski definition) is 2. The number of benzene rings is 1. The van der Waals surface area contributed by atoms with Gasteiger partial charge in [0.15, 0.2) is 0 Å². The van der Waals surface area contributed by atoms with Gasteiger partial charge in [0.25, 0.3) is 0 Å². The van der Waals surface area contributed by atoms with Crippen molar-refractivity contribution in [3.8, 4) is 11.8 Å². The molecule has 4 heteroatoms. The fourth-order valence-corrected chi connectivity index (χ4v) is 1.17. The fourth-order valence-electron chi connectivity index (χ4n) is 1.17. The van der Waals surface area contributed by atoms with Crippen LogP contribution in [-0.2, 0) is 0 Å². The average molecular weight is 194 g/mol. The van der Waals surface area contributed by atoms with Gasteiger partial charge in [0.1, 0.15) is 17.6 Å². The van der Waals surface area contributed by atoms with E-state index < -0.39 is 5.82 Å². The van der Waals surface area contributed by atoms with Crippen molar-refractivity contribution in [2.75, 3.05) is 7.05 Å². The molecular weight excluding hydrogens is 183 g/mol. The van der Waals surface area contributed by atoms with E-state index in [0.717, 1.165) is 6.07 Å². The standard InChI is InChI=1S/C10H11FN2O/c1-6(13-2)8-3-7(5-12)9(11)4-10(8)14/h3-4,6,13-14H,1-2H3. The Hall–Kier alpha value is -1.60. The third-order valence-electron chi connectivity index (χ3n) is 2.14. The molecule has 0 spiro atoms. The largest absolute Gasteiger partial charge is 0.508 e. The molecule has 0 bridgehead atoms. The topological polar surface area (TPSA) is 56.0 Å². The summed E-state index contributed by atoms with van der Waals surface area (Å²) in [5, 5.41) is 20.9. The van der Waals surface area contributed by atoms with Crippen LogP contribution in [0.25, 0.3) is 0 Å². The number of nitriles is 1. The molecular formula is C10H11FN2O. The molecule has 1 aromatic carbocycles. The summed E-state index contributed by atoms with van der Waals surface area (Å²) in [5.41, 5.74) is 0.463. The molecule has 0 aliphatic heterocycles. The van der Waals surface area contributed by atoms with E-state index in [1.807, 2.05) is 6.92 Å². The van der Waals surface area contributed by atoms with Crippen LogP contribution >= 0.6 is 0 Å². The highest BCUT2D eigenvalue weighted by molar-refractivity contribution is 5.43. The average Bonchev–Trinajstić information content (AvgIpc) is 2.17. The van der Waals surface area contributed by atoms with Crippen molar-refractivity contribution in [1.82, 2.24) is 5.32 Å². The van der Waals surface area contributed by atoms with Gasteiger partial charge >= 0.3 is 0 Å². The third kappa shape index (κ3) is 1.83. The van der Waals surface area contributed by atoms with E-state index in [4.69, 9.17) is 5.26 Å². The quantitative estimate of drug-likeness (QED) is 0.753.